The van der Waals surface area contributed by atoms with Gasteiger partial charge in [-0.25, -0.2) is 4.79 Å². The molecule has 5 aromatic rings. The zero-order chi connectivity index (χ0) is 31.1. The van der Waals surface area contributed by atoms with Gasteiger partial charge in [-0.05, 0) is 70.7 Å². The number of carboxylic acid groups (broad SMARTS) is 1. The molecule has 2 aliphatic rings. The number of nitrogens with one attached hydrogen (secondary N) is 1. The van der Waals surface area contributed by atoms with Crippen molar-refractivity contribution >= 4 is 16.9 Å². The van der Waals surface area contributed by atoms with E-state index >= 15 is 0 Å². The first-order valence-electron chi connectivity index (χ1n) is 16.0. The number of aromatic amines is 1. The lowest BCUT2D eigenvalue weighted by molar-refractivity contribution is 0.0695. The lowest BCUT2D eigenvalue weighted by Gasteiger charge is -2.25. The van der Waals surface area contributed by atoms with Gasteiger partial charge in [0.05, 0.1) is 5.69 Å². The van der Waals surface area contributed by atoms with Gasteiger partial charge >= 0.3 is 5.97 Å². The van der Waals surface area contributed by atoms with Crippen molar-refractivity contribution in [3.8, 4) is 11.3 Å². The molecule has 0 radical (unpaired) electrons. The number of nitrogens with zero attached hydrogens (tertiary/aromatic N) is 3. The van der Waals surface area contributed by atoms with Gasteiger partial charge in [0.2, 0.25) is 0 Å². The zero-order valence-electron chi connectivity index (χ0n) is 25.9. The summed E-state index contributed by atoms with van der Waals surface area (Å²) in [7, 11) is 2.13. The third kappa shape index (κ3) is 5.98. The molecule has 1 aliphatic carbocycles. The summed E-state index contributed by atoms with van der Waals surface area (Å²) >= 11 is 0. The van der Waals surface area contributed by atoms with Gasteiger partial charge in [-0.2, -0.15) is 0 Å². The molecule has 1 saturated heterocycles. The Morgan fingerprint density at radius 1 is 0.911 bits per heavy atom. The summed E-state index contributed by atoms with van der Waals surface area (Å²) < 4.78 is 2.28. The van der Waals surface area contributed by atoms with Crippen molar-refractivity contribution < 1.29 is 9.90 Å². The summed E-state index contributed by atoms with van der Waals surface area (Å²) in [6.07, 6.45) is 0.624. The van der Waals surface area contributed by atoms with Crippen LogP contribution in [0, 0.1) is 17.8 Å². The summed E-state index contributed by atoms with van der Waals surface area (Å²) in [5.74, 6) is 1.08. The molecule has 3 heterocycles. The first kappa shape index (κ1) is 29.3. The fourth-order valence-electron chi connectivity index (χ4n) is 7.51. The fraction of sp³-hybridized carbons (Fsp3) is 0.316. The van der Waals surface area contributed by atoms with E-state index in [9.17, 15) is 14.7 Å². The summed E-state index contributed by atoms with van der Waals surface area (Å²) in [6.45, 7) is 8.27. The maximum absolute atomic E-state index is 12.5. The second kappa shape index (κ2) is 12.1. The number of aryl methyl sites for hydroxylation is 2. The van der Waals surface area contributed by atoms with Crippen LogP contribution in [0.4, 0.5) is 0 Å². The van der Waals surface area contributed by atoms with Crippen LogP contribution in [0.25, 0.3) is 22.2 Å². The Labute approximate surface area is 263 Å². The number of rotatable bonds is 11. The number of piperidine rings is 1. The Morgan fingerprint density at radius 3 is 2.16 bits per heavy atom. The highest BCUT2D eigenvalue weighted by atomic mass is 16.4. The first-order chi connectivity index (χ1) is 21.9. The number of fused-ring (bicyclic) bond motifs is 2. The lowest BCUT2D eigenvalue weighted by atomic mass is 10.0. The number of H-pyrrole nitrogens is 1. The minimum atomic E-state index is -1.21. The normalized spacial score (nSPS) is 19.3. The van der Waals surface area contributed by atoms with Gasteiger partial charge < -0.3 is 14.7 Å². The second-order valence-corrected chi connectivity index (χ2v) is 12.9. The van der Waals surface area contributed by atoms with E-state index in [1.165, 1.54) is 22.9 Å². The first-order valence-corrected chi connectivity index (χ1v) is 16.0. The van der Waals surface area contributed by atoms with E-state index in [4.69, 9.17) is 0 Å². The highest BCUT2D eigenvalue weighted by molar-refractivity contribution is 5.89. The molecule has 2 N–H and O–H groups in total. The van der Waals surface area contributed by atoms with Gasteiger partial charge in [0.15, 0.2) is 0 Å². The van der Waals surface area contributed by atoms with E-state index in [0.29, 0.717) is 12.1 Å². The molecule has 45 heavy (non-hydrogen) atoms. The maximum Gasteiger partial charge on any atom is 0.341 e. The predicted molar refractivity (Wildman–Crippen MR) is 178 cm³/mol. The van der Waals surface area contributed by atoms with Crippen LogP contribution < -0.4 is 5.56 Å². The smallest absolute Gasteiger partial charge is 0.341 e. The van der Waals surface area contributed by atoms with Crippen LogP contribution in [-0.4, -0.2) is 50.1 Å². The molecule has 3 atom stereocenters. The highest BCUT2D eigenvalue weighted by Crippen LogP contribution is 2.52. The quantitative estimate of drug-likeness (QED) is 0.189. The van der Waals surface area contributed by atoms with Crippen molar-refractivity contribution in [1.29, 1.82) is 0 Å². The molecule has 7 heteroatoms. The molecule has 2 aromatic heterocycles. The minimum Gasteiger partial charge on any atom is -0.477 e. The largest absolute Gasteiger partial charge is 0.477 e. The Morgan fingerprint density at radius 2 is 1.56 bits per heavy atom. The van der Waals surface area contributed by atoms with Crippen LogP contribution in [0.3, 0.4) is 0 Å². The van der Waals surface area contributed by atoms with Gasteiger partial charge in [0.1, 0.15) is 5.56 Å². The maximum atomic E-state index is 12.5. The molecule has 7 nitrogen and oxygen atoms in total. The minimum absolute atomic E-state index is 0.218. The summed E-state index contributed by atoms with van der Waals surface area (Å²) in [5.41, 5.74) is 6.78. The Bertz CT molecular complexity index is 1840. The number of pyridine rings is 1. The monoisotopic (exact) mass is 600 g/mol. The highest BCUT2D eigenvalue weighted by Gasteiger charge is 2.55. The van der Waals surface area contributed by atoms with Crippen molar-refractivity contribution in [2.45, 2.75) is 33.0 Å². The van der Waals surface area contributed by atoms with Gasteiger partial charge in [0.25, 0.3) is 5.56 Å². The number of benzene rings is 3. The fourth-order valence-corrected chi connectivity index (χ4v) is 7.51. The Balaban J connectivity index is 1.03. The third-order valence-corrected chi connectivity index (χ3v) is 9.96. The number of aromatic nitrogens is 2. The average molecular weight is 601 g/mol. The van der Waals surface area contributed by atoms with E-state index in [2.05, 4.69) is 105 Å². The van der Waals surface area contributed by atoms with Crippen LogP contribution in [0.15, 0.2) is 95.8 Å². The Kier molecular flexibility index (Phi) is 7.90. The molecule has 1 unspecified atom stereocenters. The molecule has 7 rings (SSSR count). The summed E-state index contributed by atoms with van der Waals surface area (Å²) in [4.78, 5) is 32.0. The lowest BCUT2D eigenvalue weighted by Crippen LogP contribution is -2.30. The van der Waals surface area contributed by atoms with E-state index in [1.54, 1.807) is 0 Å². The molecule has 1 saturated carbocycles. The molecule has 0 amide bonds. The number of hydrogen-bond donors (Lipinski definition) is 2. The van der Waals surface area contributed by atoms with E-state index in [0.717, 1.165) is 79.1 Å². The van der Waals surface area contributed by atoms with E-state index < -0.39 is 11.5 Å². The number of hydrogen-bond acceptors (Lipinski definition) is 4. The molecular weight excluding hydrogens is 560 g/mol. The van der Waals surface area contributed by atoms with Crippen LogP contribution in [0.5, 0.6) is 0 Å². The zero-order valence-corrected chi connectivity index (χ0v) is 25.9. The molecular formula is C38H40N4O3. The Hall–Kier alpha value is -4.46. The number of carbonyl (C=O) groups is 1. The second-order valence-electron chi connectivity index (χ2n) is 12.9. The molecule has 0 spiro atoms. The van der Waals surface area contributed by atoms with Gasteiger partial charge in [-0.1, -0.05) is 73.7 Å². The van der Waals surface area contributed by atoms with Crippen molar-refractivity contribution in [1.82, 2.24) is 19.4 Å². The van der Waals surface area contributed by atoms with E-state index in [1.807, 2.05) is 13.0 Å². The number of likely N-dealkylation sites (tertiary alicyclic amines) is 1. The molecule has 230 valence electrons. The SMILES string of the molecule is CCc1cc(C(=O)O)c(=O)[nH]c1-c1ccc2c(c1)cc(CN1C[C@@H]3C(CN(Cc4ccccc4)Cc4ccccc4)[C@@H]3C1)n2C. The van der Waals surface area contributed by atoms with Gasteiger partial charge in [0, 0.05) is 62.9 Å². The molecule has 3 aromatic carbocycles. The molecule has 1 aliphatic heterocycles. The van der Waals surface area contributed by atoms with Gasteiger partial charge in [-0.15, -0.1) is 0 Å². The van der Waals surface area contributed by atoms with Crippen LogP contribution in [-0.2, 0) is 33.1 Å². The molecule has 0 bridgehead atoms. The van der Waals surface area contributed by atoms with Crippen molar-refractivity contribution in [2.75, 3.05) is 19.6 Å². The standard InChI is InChI=1S/C38H40N4O3/c1-3-27-18-31(38(44)45)37(43)39-36(27)28-14-15-35-29(16-28)17-30(40(35)2)21-42-23-33-32(34(33)24-42)22-41(19-25-10-6-4-7-11-25)20-26-12-8-5-9-13-26/h4-18,32-34H,3,19-24H2,1-2H3,(H,39,43)(H,44,45)/t32?,33-,34+. The topological polar surface area (TPSA) is 81.6 Å². The average Bonchev–Trinajstić information content (AvgIpc) is 3.33. The third-order valence-electron chi connectivity index (χ3n) is 9.96. The van der Waals surface area contributed by atoms with Gasteiger partial charge in [-0.3, -0.25) is 14.6 Å². The van der Waals surface area contributed by atoms with Crippen molar-refractivity contribution in [2.24, 2.45) is 24.8 Å². The van der Waals surface area contributed by atoms with Crippen LogP contribution in [0.1, 0.15) is 39.7 Å². The van der Waals surface area contributed by atoms with Crippen molar-refractivity contribution in [3.63, 3.8) is 0 Å². The summed E-state index contributed by atoms with van der Waals surface area (Å²) in [5, 5.41) is 10.5. The number of carboxylic acids is 1. The molecule has 2 fully saturated rings. The predicted octanol–water partition coefficient (Wildman–Crippen LogP) is 6.17. The number of aromatic carboxylic acids is 1. The van der Waals surface area contributed by atoms with Crippen LogP contribution >= 0.6 is 0 Å². The van der Waals surface area contributed by atoms with Crippen LogP contribution in [0.2, 0.25) is 0 Å². The summed E-state index contributed by atoms with van der Waals surface area (Å²) in [6, 6.07) is 31.6. The van der Waals surface area contributed by atoms with Crippen molar-refractivity contribution in [3.05, 3.63) is 129 Å². The van der Waals surface area contributed by atoms with E-state index in [-0.39, 0.29) is 5.56 Å².